The number of carboxylic acids is 1. The molecule has 5 rings (SSSR count). The monoisotopic (exact) mass is 859 g/mol. The van der Waals surface area contributed by atoms with Gasteiger partial charge in [0, 0.05) is 68.2 Å². The quantitative estimate of drug-likeness (QED) is 0.113. The van der Waals surface area contributed by atoms with Crippen LogP contribution in [0.3, 0.4) is 0 Å². The minimum absolute atomic E-state index is 0.0174. The molecular weight excluding hydrogens is 809 g/mol. The maximum atomic E-state index is 15.0. The third kappa shape index (κ3) is 13.2. The molecule has 2 aromatic carbocycles. The summed E-state index contributed by atoms with van der Waals surface area (Å²) < 4.78 is 62.3. The molecule has 0 spiro atoms. The lowest BCUT2D eigenvalue weighted by atomic mass is 9.81. The number of carbonyl (C=O) groups is 6. The standard InChI is InChI=1S/C41H49F2N5O6.C2HF3O2/c1-41(2,3)40(39-29(20-26-8-5-4-6-9-26)24-48(45-39)33-23-30(42)13-14-31(33)43)47(38(54)25-49)19-17-32(44)35(51)22-27-11-12-28(21-27)34(50)10-7-18-46-36(52)15-16-37(46)53;3-2(4,5)1(6)7/h4-6,8-9,13-16,23-24,27-28,32,40,49H,7,10-12,17-22,25,44H2,1-3H3;(H,6,7)/t27-,28-,32+,40+;/m1./s1. The minimum Gasteiger partial charge on any atom is -0.475 e. The number of hydrogen-bond acceptors (Lipinski definition) is 9. The van der Waals surface area contributed by atoms with Gasteiger partial charge in [-0.3, -0.25) is 28.9 Å². The molecule has 0 saturated heterocycles. The molecule has 1 aliphatic carbocycles. The van der Waals surface area contributed by atoms with Gasteiger partial charge < -0.3 is 20.8 Å². The summed E-state index contributed by atoms with van der Waals surface area (Å²) >= 11 is 0. The van der Waals surface area contributed by atoms with E-state index in [9.17, 15) is 46.6 Å². The zero-order valence-electron chi connectivity index (χ0n) is 34.0. The molecule has 4 N–H and O–H groups in total. The number of imide groups is 1. The molecule has 0 bridgehead atoms. The highest BCUT2D eigenvalue weighted by molar-refractivity contribution is 6.12. The van der Waals surface area contributed by atoms with Crippen LogP contribution in [0.25, 0.3) is 5.69 Å². The van der Waals surface area contributed by atoms with Crippen LogP contribution >= 0.6 is 0 Å². The summed E-state index contributed by atoms with van der Waals surface area (Å²) in [4.78, 5) is 74.8. The van der Waals surface area contributed by atoms with Crippen molar-refractivity contribution in [2.45, 2.75) is 90.4 Å². The Balaban J connectivity index is 0.00000107. The molecule has 1 aliphatic heterocycles. The average Bonchev–Trinajstić information content (AvgIpc) is 3.92. The number of rotatable bonds is 17. The van der Waals surface area contributed by atoms with Crippen molar-refractivity contribution in [1.29, 1.82) is 0 Å². The second-order valence-electron chi connectivity index (χ2n) is 16.2. The molecule has 0 radical (unpaired) electrons. The van der Waals surface area contributed by atoms with E-state index in [1.165, 1.54) is 21.7 Å². The van der Waals surface area contributed by atoms with Crippen molar-refractivity contribution in [2.75, 3.05) is 19.7 Å². The number of aliphatic hydroxyl groups excluding tert-OH is 1. The van der Waals surface area contributed by atoms with E-state index >= 15 is 4.39 Å². The Morgan fingerprint density at radius 1 is 0.984 bits per heavy atom. The normalized spacial score (nSPS) is 17.5. The predicted molar refractivity (Wildman–Crippen MR) is 211 cm³/mol. The zero-order valence-corrected chi connectivity index (χ0v) is 34.0. The van der Waals surface area contributed by atoms with E-state index in [0.717, 1.165) is 28.7 Å². The van der Waals surface area contributed by atoms with Crippen molar-refractivity contribution < 1.29 is 60.9 Å². The van der Waals surface area contributed by atoms with E-state index < -0.39 is 53.8 Å². The van der Waals surface area contributed by atoms with Crippen molar-refractivity contribution in [3.63, 3.8) is 0 Å². The number of Topliss-reactive ketones (excluding diaryl/α,β-unsaturated/α-hetero) is 2. The highest BCUT2D eigenvalue weighted by Crippen LogP contribution is 2.40. The first-order valence-corrected chi connectivity index (χ1v) is 19.7. The van der Waals surface area contributed by atoms with Gasteiger partial charge in [0.2, 0.25) is 5.91 Å². The van der Waals surface area contributed by atoms with E-state index in [1.54, 1.807) is 6.20 Å². The number of aliphatic hydroxyl groups is 1. The number of ketones is 2. The largest absolute Gasteiger partial charge is 0.490 e. The molecule has 330 valence electrons. The molecule has 2 aliphatic rings. The van der Waals surface area contributed by atoms with Crippen molar-refractivity contribution in [2.24, 2.45) is 23.0 Å². The number of alkyl halides is 3. The van der Waals surface area contributed by atoms with Crippen molar-refractivity contribution in [1.82, 2.24) is 19.6 Å². The number of benzene rings is 2. The van der Waals surface area contributed by atoms with E-state index in [1.807, 2.05) is 51.1 Å². The van der Waals surface area contributed by atoms with Crippen LogP contribution in [0.15, 0.2) is 66.9 Å². The highest BCUT2D eigenvalue weighted by atomic mass is 19.4. The first kappa shape index (κ1) is 48.1. The first-order valence-electron chi connectivity index (χ1n) is 19.7. The molecule has 13 nitrogen and oxygen atoms in total. The highest BCUT2D eigenvalue weighted by Gasteiger charge is 2.40. The molecule has 1 aromatic heterocycles. The number of carbonyl (C=O) groups excluding carboxylic acids is 5. The molecule has 61 heavy (non-hydrogen) atoms. The van der Waals surface area contributed by atoms with Gasteiger partial charge in [-0.25, -0.2) is 18.3 Å². The lowest BCUT2D eigenvalue weighted by molar-refractivity contribution is -0.192. The average molecular weight is 860 g/mol. The summed E-state index contributed by atoms with van der Waals surface area (Å²) in [5.41, 5.74) is 7.71. The number of carboxylic acid groups (broad SMARTS) is 1. The van der Waals surface area contributed by atoms with E-state index in [4.69, 9.17) is 20.7 Å². The summed E-state index contributed by atoms with van der Waals surface area (Å²) in [5, 5.41) is 22.0. The summed E-state index contributed by atoms with van der Waals surface area (Å²) in [5.74, 6) is -5.77. The lowest BCUT2D eigenvalue weighted by Crippen LogP contribution is -2.46. The van der Waals surface area contributed by atoms with Crippen LogP contribution in [0.5, 0.6) is 0 Å². The van der Waals surface area contributed by atoms with E-state index in [0.29, 0.717) is 43.4 Å². The van der Waals surface area contributed by atoms with Crippen molar-refractivity contribution >= 4 is 35.3 Å². The SMILES string of the molecule is CC(C)(C)[C@H](c1nn(-c2cc(F)ccc2F)cc1Cc1ccccc1)N(CC[C@H](N)C(=O)C[C@@H]1CC[C@@H](C(=O)CCCN2C(=O)C=CC2=O)C1)C(=O)CO.O=C(O)C(F)(F)F. The number of amides is 3. The van der Waals surface area contributed by atoms with Gasteiger partial charge in [-0.2, -0.15) is 18.3 Å². The van der Waals surface area contributed by atoms with Gasteiger partial charge in [-0.1, -0.05) is 51.1 Å². The van der Waals surface area contributed by atoms with Gasteiger partial charge in [0.1, 0.15) is 35.5 Å². The predicted octanol–water partition coefficient (Wildman–Crippen LogP) is 5.65. The topological polar surface area (TPSA) is 193 Å². The Bertz CT molecular complexity index is 2080. The third-order valence-corrected chi connectivity index (χ3v) is 10.6. The summed E-state index contributed by atoms with van der Waals surface area (Å²) in [6.07, 6.45) is 2.18. The molecule has 0 unspecified atom stereocenters. The molecule has 4 atom stereocenters. The minimum atomic E-state index is -5.08. The molecular formula is C43H50F5N5O8. The van der Waals surface area contributed by atoms with Gasteiger partial charge >= 0.3 is 12.1 Å². The van der Waals surface area contributed by atoms with Gasteiger partial charge in [0.15, 0.2) is 0 Å². The van der Waals surface area contributed by atoms with Crippen LogP contribution in [-0.4, -0.2) is 97.0 Å². The molecule has 3 amide bonds. The molecule has 18 heteroatoms. The van der Waals surface area contributed by atoms with Gasteiger partial charge in [0.25, 0.3) is 11.8 Å². The molecule has 1 saturated carbocycles. The fourth-order valence-electron chi connectivity index (χ4n) is 7.60. The number of aliphatic carboxylic acids is 1. The summed E-state index contributed by atoms with van der Waals surface area (Å²) in [6, 6.07) is 10.9. The van der Waals surface area contributed by atoms with Crippen LogP contribution in [-0.2, 0) is 35.2 Å². The fraction of sp³-hybridized carbons (Fsp3) is 0.465. The number of hydrogen-bond donors (Lipinski definition) is 3. The Kier molecular flexibility index (Phi) is 16.4. The Hall–Kier alpha value is -5.62. The lowest BCUT2D eigenvalue weighted by Gasteiger charge is -2.40. The molecule has 2 heterocycles. The Labute approximate surface area is 349 Å². The third-order valence-electron chi connectivity index (χ3n) is 10.6. The maximum Gasteiger partial charge on any atom is 0.490 e. The first-order chi connectivity index (χ1) is 28.6. The number of aromatic nitrogens is 2. The van der Waals surface area contributed by atoms with Crippen LogP contribution in [0.4, 0.5) is 22.0 Å². The van der Waals surface area contributed by atoms with Crippen LogP contribution in [0.1, 0.15) is 88.6 Å². The van der Waals surface area contributed by atoms with E-state index in [2.05, 4.69) is 0 Å². The summed E-state index contributed by atoms with van der Waals surface area (Å²) in [6.45, 7) is 5.14. The van der Waals surface area contributed by atoms with Crippen LogP contribution in [0, 0.1) is 28.9 Å². The molecule has 1 fully saturated rings. The van der Waals surface area contributed by atoms with Crippen molar-refractivity contribution in [3.05, 3.63) is 95.3 Å². The summed E-state index contributed by atoms with van der Waals surface area (Å²) in [7, 11) is 0. The van der Waals surface area contributed by atoms with Gasteiger partial charge in [0.05, 0.1) is 17.8 Å². The number of nitrogens with two attached hydrogens (primary N) is 1. The number of halogens is 5. The van der Waals surface area contributed by atoms with Gasteiger partial charge in [-0.05, 0) is 61.1 Å². The Morgan fingerprint density at radius 3 is 2.21 bits per heavy atom. The van der Waals surface area contributed by atoms with Crippen molar-refractivity contribution in [3.8, 4) is 5.69 Å². The van der Waals surface area contributed by atoms with Crippen LogP contribution in [0.2, 0.25) is 0 Å². The second kappa shape index (κ2) is 20.8. The smallest absolute Gasteiger partial charge is 0.475 e. The van der Waals surface area contributed by atoms with Crippen LogP contribution < -0.4 is 5.73 Å². The molecule has 3 aromatic rings. The zero-order chi connectivity index (χ0) is 45.2. The number of nitrogens with zero attached hydrogens (tertiary/aromatic N) is 4. The Morgan fingerprint density at radius 2 is 1.62 bits per heavy atom. The fourth-order valence-corrected chi connectivity index (χ4v) is 7.60. The second-order valence-corrected chi connectivity index (χ2v) is 16.2. The van der Waals surface area contributed by atoms with Gasteiger partial charge in [-0.15, -0.1) is 0 Å². The van der Waals surface area contributed by atoms with E-state index in [-0.39, 0.29) is 73.3 Å². The maximum absolute atomic E-state index is 15.0.